The van der Waals surface area contributed by atoms with Crippen LogP contribution in [0.3, 0.4) is 0 Å². The van der Waals surface area contributed by atoms with E-state index in [1.54, 1.807) is 0 Å². The van der Waals surface area contributed by atoms with Gasteiger partial charge in [0.15, 0.2) is 0 Å². The predicted molar refractivity (Wildman–Crippen MR) is 75.9 cm³/mol. The van der Waals surface area contributed by atoms with Crippen molar-refractivity contribution in [1.29, 1.82) is 0 Å². The Bertz CT molecular complexity index is 439. The molecular weight excluding hydrogens is 244 g/mol. The Morgan fingerprint density at radius 2 is 1.68 bits per heavy atom. The Labute approximate surface area is 113 Å². The van der Waals surface area contributed by atoms with E-state index in [-0.39, 0.29) is 0 Å². The summed E-state index contributed by atoms with van der Waals surface area (Å²) in [6.07, 6.45) is 0.984. The predicted octanol–water partition coefficient (Wildman–Crippen LogP) is 2.85. The van der Waals surface area contributed by atoms with Gasteiger partial charge in [-0.2, -0.15) is 0 Å². The van der Waals surface area contributed by atoms with Crippen molar-refractivity contribution in [2.24, 2.45) is 10.3 Å². The van der Waals surface area contributed by atoms with Crippen LogP contribution in [0.4, 0.5) is 0 Å². The second kappa shape index (κ2) is 8.13. The van der Waals surface area contributed by atoms with Crippen LogP contribution >= 0.6 is 0 Å². The van der Waals surface area contributed by atoms with Gasteiger partial charge in [-0.05, 0) is 37.6 Å². The fourth-order valence-electron chi connectivity index (χ4n) is 1.53. The molecule has 0 N–H and O–H groups in total. The van der Waals surface area contributed by atoms with E-state index in [9.17, 15) is 0 Å². The fraction of sp³-hybridized carbons (Fsp3) is 0.429. The third-order valence-electron chi connectivity index (χ3n) is 2.35. The SMILES string of the molecule is CCCOc1ccc(C(=N\OC)/C(C)=N/OC)cc1. The zero-order valence-electron chi connectivity index (χ0n) is 11.8. The van der Waals surface area contributed by atoms with Crippen molar-refractivity contribution in [3.05, 3.63) is 29.8 Å². The van der Waals surface area contributed by atoms with Gasteiger partial charge >= 0.3 is 0 Å². The van der Waals surface area contributed by atoms with E-state index in [1.165, 1.54) is 14.2 Å². The quantitative estimate of drug-likeness (QED) is 0.562. The molecule has 1 aromatic rings. The molecule has 0 aromatic heterocycles. The van der Waals surface area contributed by atoms with Crippen molar-refractivity contribution in [3.8, 4) is 5.75 Å². The molecule has 0 bridgehead atoms. The van der Waals surface area contributed by atoms with Crippen LogP contribution in [0.15, 0.2) is 34.6 Å². The standard InChI is InChI=1S/C14H20N2O3/c1-5-10-19-13-8-6-12(7-9-13)14(16-18-4)11(2)15-17-3/h6-9H,5,10H2,1-4H3/b15-11+,16-14-. The number of nitrogens with zero attached hydrogens (tertiary/aromatic N) is 2. The Hall–Kier alpha value is -2.04. The minimum absolute atomic E-state index is 0.631. The Morgan fingerprint density at radius 1 is 1.05 bits per heavy atom. The molecule has 0 unspecified atom stereocenters. The van der Waals surface area contributed by atoms with Gasteiger partial charge in [-0.3, -0.25) is 0 Å². The van der Waals surface area contributed by atoms with Crippen LogP contribution < -0.4 is 4.74 Å². The average molecular weight is 264 g/mol. The molecule has 0 radical (unpaired) electrons. The van der Waals surface area contributed by atoms with E-state index in [0.717, 1.165) is 17.7 Å². The first-order valence-corrected chi connectivity index (χ1v) is 6.15. The van der Waals surface area contributed by atoms with E-state index in [4.69, 9.17) is 14.4 Å². The molecule has 5 nitrogen and oxygen atoms in total. The topological polar surface area (TPSA) is 52.4 Å². The molecule has 5 heteroatoms. The Morgan fingerprint density at radius 3 is 2.21 bits per heavy atom. The van der Waals surface area contributed by atoms with Crippen LogP contribution in [0, 0.1) is 0 Å². The molecule has 0 atom stereocenters. The molecular formula is C14H20N2O3. The second-order valence-electron chi connectivity index (χ2n) is 3.85. The summed E-state index contributed by atoms with van der Waals surface area (Å²) in [6, 6.07) is 7.63. The Balaban J connectivity index is 2.92. The number of rotatable bonds is 7. The maximum Gasteiger partial charge on any atom is 0.134 e. The summed E-state index contributed by atoms with van der Waals surface area (Å²) in [5, 5.41) is 7.84. The van der Waals surface area contributed by atoms with Gasteiger partial charge in [0.25, 0.3) is 0 Å². The second-order valence-corrected chi connectivity index (χ2v) is 3.85. The van der Waals surface area contributed by atoms with E-state index in [1.807, 2.05) is 31.2 Å². The molecule has 1 rings (SSSR count). The largest absolute Gasteiger partial charge is 0.494 e. The van der Waals surface area contributed by atoms with E-state index < -0.39 is 0 Å². The van der Waals surface area contributed by atoms with Gasteiger partial charge in [0.2, 0.25) is 0 Å². The minimum Gasteiger partial charge on any atom is -0.494 e. The molecule has 0 saturated carbocycles. The van der Waals surface area contributed by atoms with Crippen molar-refractivity contribution >= 4 is 11.4 Å². The van der Waals surface area contributed by atoms with Crippen molar-refractivity contribution in [2.45, 2.75) is 20.3 Å². The highest BCUT2D eigenvalue weighted by Gasteiger charge is 2.09. The third-order valence-corrected chi connectivity index (χ3v) is 2.35. The third kappa shape index (κ3) is 4.62. The molecule has 0 fully saturated rings. The number of hydrogen-bond donors (Lipinski definition) is 0. The summed E-state index contributed by atoms with van der Waals surface area (Å²) in [5.41, 5.74) is 2.17. The molecule has 0 amide bonds. The van der Waals surface area contributed by atoms with Crippen molar-refractivity contribution in [1.82, 2.24) is 0 Å². The van der Waals surface area contributed by atoms with E-state index in [2.05, 4.69) is 17.2 Å². The summed E-state index contributed by atoms with van der Waals surface area (Å²) >= 11 is 0. The molecule has 104 valence electrons. The van der Waals surface area contributed by atoms with Crippen LogP contribution in [-0.4, -0.2) is 32.2 Å². The molecule has 0 aliphatic carbocycles. The Kier molecular flexibility index (Phi) is 6.43. The van der Waals surface area contributed by atoms with Crippen LogP contribution in [0.25, 0.3) is 0 Å². The first-order chi connectivity index (χ1) is 9.22. The van der Waals surface area contributed by atoms with Gasteiger partial charge < -0.3 is 14.4 Å². The molecule has 1 aromatic carbocycles. The van der Waals surface area contributed by atoms with E-state index in [0.29, 0.717) is 18.0 Å². The van der Waals surface area contributed by atoms with Crippen molar-refractivity contribution < 1.29 is 14.4 Å². The fourth-order valence-corrected chi connectivity index (χ4v) is 1.53. The lowest BCUT2D eigenvalue weighted by atomic mass is 10.1. The van der Waals surface area contributed by atoms with Gasteiger partial charge in [-0.25, -0.2) is 0 Å². The maximum atomic E-state index is 5.53. The zero-order valence-corrected chi connectivity index (χ0v) is 11.8. The summed E-state index contributed by atoms with van der Waals surface area (Å²) in [5.74, 6) is 0.837. The summed E-state index contributed by atoms with van der Waals surface area (Å²) in [7, 11) is 2.99. The van der Waals surface area contributed by atoms with Crippen LogP contribution in [0.2, 0.25) is 0 Å². The molecule has 0 saturated heterocycles. The molecule has 0 aliphatic rings. The zero-order chi connectivity index (χ0) is 14.1. The van der Waals surface area contributed by atoms with Crippen molar-refractivity contribution in [3.63, 3.8) is 0 Å². The number of oxime groups is 2. The monoisotopic (exact) mass is 264 g/mol. The molecule has 19 heavy (non-hydrogen) atoms. The molecule has 0 spiro atoms. The summed E-state index contributed by atoms with van der Waals surface area (Å²) < 4.78 is 5.53. The maximum absolute atomic E-state index is 5.53. The molecule has 0 aliphatic heterocycles. The smallest absolute Gasteiger partial charge is 0.134 e. The molecule has 0 heterocycles. The average Bonchev–Trinajstić information content (AvgIpc) is 2.43. The first kappa shape index (κ1) is 15.0. The van der Waals surface area contributed by atoms with Gasteiger partial charge in [0, 0.05) is 5.56 Å². The highest BCUT2D eigenvalue weighted by molar-refractivity contribution is 6.47. The van der Waals surface area contributed by atoms with Crippen LogP contribution in [-0.2, 0) is 9.68 Å². The summed E-state index contributed by atoms with van der Waals surface area (Å²) in [6.45, 7) is 4.59. The van der Waals surface area contributed by atoms with Crippen LogP contribution in [0.1, 0.15) is 25.8 Å². The van der Waals surface area contributed by atoms with Crippen LogP contribution in [0.5, 0.6) is 5.75 Å². The van der Waals surface area contributed by atoms with Gasteiger partial charge in [-0.1, -0.05) is 17.2 Å². The van der Waals surface area contributed by atoms with Gasteiger partial charge in [-0.15, -0.1) is 0 Å². The van der Waals surface area contributed by atoms with Crippen molar-refractivity contribution in [2.75, 3.05) is 20.8 Å². The first-order valence-electron chi connectivity index (χ1n) is 6.15. The number of ether oxygens (including phenoxy) is 1. The van der Waals surface area contributed by atoms with Gasteiger partial charge in [0.05, 0.1) is 6.61 Å². The normalized spacial score (nSPS) is 12.2. The van der Waals surface area contributed by atoms with E-state index >= 15 is 0 Å². The minimum atomic E-state index is 0.631. The van der Waals surface area contributed by atoms with Gasteiger partial charge in [0.1, 0.15) is 31.4 Å². The highest BCUT2D eigenvalue weighted by Crippen LogP contribution is 2.14. The lowest BCUT2D eigenvalue weighted by Crippen LogP contribution is -2.13. The lowest BCUT2D eigenvalue weighted by molar-refractivity contribution is 0.210. The number of hydrogen-bond acceptors (Lipinski definition) is 5. The highest BCUT2D eigenvalue weighted by atomic mass is 16.6. The number of benzene rings is 1. The summed E-state index contributed by atoms with van der Waals surface area (Å²) in [4.78, 5) is 9.60. The lowest BCUT2D eigenvalue weighted by Gasteiger charge is -2.07.